The van der Waals surface area contributed by atoms with Crippen LogP contribution in [0.2, 0.25) is 0 Å². The first-order valence-electron chi connectivity index (χ1n) is 6.92. The second kappa shape index (κ2) is 7.45. The highest BCUT2D eigenvalue weighted by molar-refractivity contribution is 5.80. The van der Waals surface area contributed by atoms with E-state index in [0.29, 0.717) is 13.1 Å². The molecule has 1 saturated heterocycles. The van der Waals surface area contributed by atoms with E-state index < -0.39 is 18.1 Å². The molecule has 110 valence electrons. The molecule has 0 spiro atoms. The Bertz CT molecular complexity index is 316. The number of amides is 1. The zero-order valence-corrected chi connectivity index (χ0v) is 11.7. The molecular formula is C13H24N2O4. The van der Waals surface area contributed by atoms with Crippen LogP contribution in [0.3, 0.4) is 0 Å². The lowest BCUT2D eigenvalue weighted by Crippen LogP contribution is -2.45. The summed E-state index contributed by atoms with van der Waals surface area (Å²) in [6, 6.07) is -0.746. The van der Waals surface area contributed by atoms with E-state index in [1.807, 2.05) is 13.8 Å². The summed E-state index contributed by atoms with van der Waals surface area (Å²) in [4.78, 5) is 26.6. The van der Waals surface area contributed by atoms with E-state index in [0.717, 1.165) is 12.8 Å². The van der Waals surface area contributed by atoms with Gasteiger partial charge in [0.05, 0.1) is 12.6 Å². The fraction of sp³-hybridized carbons (Fsp3) is 0.846. The molecule has 2 N–H and O–H groups in total. The van der Waals surface area contributed by atoms with E-state index in [4.69, 9.17) is 5.11 Å². The number of aliphatic hydroxyl groups excluding tert-OH is 1. The number of aliphatic carboxylic acids is 1. The molecule has 0 aromatic carbocycles. The van der Waals surface area contributed by atoms with Crippen LogP contribution < -0.4 is 0 Å². The Morgan fingerprint density at radius 3 is 2.32 bits per heavy atom. The Hall–Kier alpha value is -1.14. The Labute approximate surface area is 114 Å². The van der Waals surface area contributed by atoms with Gasteiger partial charge < -0.3 is 15.1 Å². The third kappa shape index (κ3) is 4.47. The van der Waals surface area contributed by atoms with E-state index in [9.17, 15) is 14.7 Å². The average molecular weight is 272 g/mol. The molecule has 0 radical (unpaired) electrons. The molecule has 0 aromatic rings. The van der Waals surface area contributed by atoms with Crippen LogP contribution in [0.1, 0.15) is 33.1 Å². The third-order valence-electron chi connectivity index (χ3n) is 3.34. The molecule has 1 heterocycles. The smallest absolute Gasteiger partial charge is 0.321 e. The van der Waals surface area contributed by atoms with E-state index in [1.165, 1.54) is 0 Å². The molecule has 0 bridgehead atoms. The molecule has 1 aliphatic heterocycles. The molecule has 0 aromatic heterocycles. The van der Waals surface area contributed by atoms with E-state index in [2.05, 4.69) is 0 Å². The van der Waals surface area contributed by atoms with E-state index in [1.54, 1.807) is 9.80 Å². The maximum atomic E-state index is 12.2. The van der Waals surface area contributed by atoms with Gasteiger partial charge in [-0.2, -0.15) is 0 Å². The molecule has 2 unspecified atom stereocenters. The highest BCUT2D eigenvalue weighted by atomic mass is 16.4. The molecule has 0 aliphatic carbocycles. The average Bonchev–Trinajstić information content (AvgIpc) is 2.70. The van der Waals surface area contributed by atoms with Crippen LogP contribution >= 0.6 is 0 Å². The minimum Gasteiger partial charge on any atom is -0.480 e. The van der Waals surface area contributed by atoms with Gasteiger partial charge in [-0.25, -0.2) is 0 Å². The second-order valence-corrected chi connectivity index (χ2v) is 5.05. The number of carbonyl (C=O) groups is 2. The topological polar surface area (TPSA) is 81.1 Å². The summed E-state index contributed by atoms with van der Waals surface area (Å²) in [7, 11) is 0. The van der Waals surface area contributed by atoms with Crippen molar-refractivity contribution in [2.45, 2.75) is 45.3 Å². The number of carbonyl (C=O) groups excluding carboxylic acids is 1. The van der Waals surface area contributed by atoms with Crippen molar-refractivity contribution >= 4 is 11.9 Å². The van der Waals surface area contributed by atoms with Crippen LogP contribution in [0.25, 0.3) is 0 Å². The summed E-state index contributed by atoms with van der Waals surface area (Å²) in [5.41, 5.74) is 0. The maximum Gasteiger partial charge on any atom is 0.321 e. The first-order chi connectivity index (χ1) is 8.99. The zero-order chi connectivity index (χ0) is 14.4. The fourth-order valence-electron chi connectivity index (χ4n) is 2.49. The highest BCUT2D eigenvalue weighted by Crippen LogP contribution is 2.18. The van der Waals surface area contributed by atoms with Gasteiger partial charge in [0.1, 0.15) is 6.04 Å². The van der Waals surface area contributed by atoms with Crippen LogP contribution in [0.5, 0.6) is 0 Å². The summed E-state index contributed by atoms with van der Waals surface area (Å²) >= 11 is 0. The lowest BCUT2D eigenvalue weighted by atomic mass is 10.2. The number of hydrogen-bond acceptors (Lipinski definition) is 4. The lowest BCUT2D eigenvalue weighted by Gasteiger charge is -2.26. The minimum atomic E-state index is -0.970. The third-order valence-corrected chi connectivity index (χ3v) is 3.34. The number of nitrogens with zero attached hydrogens (tertiary/aromatic N) is 2. The molecule has 6 nitrogen and oxygen atoms in total. The van der Waals surface area contributed by atoms with Crippen molar-refractivity contribution in [2.24, 2.45) is 0 Å². The molecule has 1 rings (SSSR count). The van der Waals surface area contributed by atoms with Gasteiger partial charge in [0.2, 0.25) is 5.91 Å². The number of aliphatic hydroxyl groups is 1. The fourth-order valence-corrected chi connectivity index (χ4v) is 2.49. The van der Waals surface area contributed by atoms with Gasteiger partial charge in [-0.3, -0.25) is 14.5 Å². The quantitative estimate of drug-likeness (QED) is 0.690. The number of β-amino-alcohol motifs (C(OH)–C–C–N with tert-alkyl or cyclic N) is 1. The standard InChI is InChI=1S/C13H24N2O4/c1-3-5-14(6-4-2)12(17)9-15-8-10(16)7-11(15)13(18)19/h10-11,16H,3-9H2,1-2H3,(H,18,19). The van der Waals surface area contributed by atoms with Crippen LogP contribution in [-0.2, 0) is 9.59 Å². The zero-order valence-electron chi connectivity index (χ0n) is 11.7. The van der Waals surface area contributed by atoms with Gasteiger partial charge >= 0.3 is 5.97 Å². The van der Waals surface area contributed by atoms with Gasteiger partial charge in [0.25, 0.3) is 0 Å². The van der Waals surface area contributed by atoms with Crippen molar-refractivity contribution in [3.05, 3.63) is 0 Å². The number of hydrogen-bond donors (Lipinski definition) is 2. The van der Waals surface area contributed by atoms with E-state index in [-0.39, 0.29) is 25.4 Å². The van der Waals surface area contributed by atoms with Gasteiger partial charge in [-0.05, 0) is 12.8 Å². The summed E-state index contributed by atoms with van der Waals surface area (Å²) in [5, 5.41) is 18.6. The molecule has 6 heteroatoms. The summed E-state index contributed by atoms with van der Waals surface area (Å²) in [5.74, 6) is -1.02. The molecule has 1 amide bonds. The van der Waals surface area contributed by atoms with Crippen LogP contribution in [-0.4, -0.2) is 70.2 Å². The molecule has 1 aliphatic rings. The molecule has 1 fully saturated rings. The number of likely N-dealkylation sites (tertiary alicyclic amines) is 1. The Kier molecular flexibility index (Phi) is 6.24. The predicted molar refractivity (Wildman–Crippen MR) is 70.8 cm³/mol. The van der Waals surface area contributed by atoms with Gasteiger partial charge in [-0.1, -0.05) is 13.8 Å². The molecule has 19 heavy (non-hydrogen) atoms. The normalized spacial score (nSPS) is 23.5. The summed E-state index contributed by atoms with van der Waals surface area (Å²) < 4.78 is 0. The van der Waals surface area contributed by atoms with Crippen LogP contribution in [0.4, 0.5) is 0 Å². The number of carboxylic acids is 1. The van der Waals surface area contributed by atoms with Crippen LogP contribution in [0.15, 0.2) is 0 Å². The minimum absolute atomic E-state index is 0.0518. The summed E-state index contributed by atoms with van der Waals surface area (Å²) in [6.45, 7) is 5.75. The SMILES string of the molecule is CCCN(CCC)C(=O)CN1CC(O)CC1C(=O)O. The van der Waals surface area contributed by atoms with Crippen molar-refractivity contribution in [3.63, 3.8) is 0 Å². The summed E-state index contributed by atoms with van der Waals surface area (Å²) in [6.07, 6.45) is 1.32. The number of rotatable bonds is 7. The van der Waals surface area contributed by atoms with Gasteiger partial charge in [0.15, 0.2) is 0 Å². The van der Waals surface area contributed by atoms with Crippen molar-refractivity contribution in [3.8, 4) is 0 Å². The van der Waals surface area contributed by atoms with Crippen molar-refractivity contribution in [2.75, 3.05) is 26.2 Å². The largest absolute Gasteiger partial charge is 0.480 e. The number of carboxylic acid groups (broad SMARTS) is 1. The molecule has 2 atom stereocenters. The highest BCUT2D eigenvalue weighted by Gasteiger charge is 2.37. The first kappa shape index (κ1) is 15.9. The van der Waals surface area contributed by atoms with E-state index >= 15 is 0 Å². The van der Waals surface area contributed by atoms with Gasteiger partial charge in [-0.15, -0.1) is 0 Å². The Morgan fingerprint density at radius 1 is 1.26 bits per heavy atom. The Morgan fingerprint density at radius 2 is 1.84 bits per heavy atom. The Balaban J connectivity index is 2.60. The van der Waals surface area contributed by atoms with Crippen LogP contribution in [0, 0.1) is 0 Å². The van der Waals surface area contributed by atoms with Crippen molar-refractivity contribution < 1.29 is 19.8 Å². The van der Waals surface area contributed by atoms with Crippen molar-refractivity contribution in [1.82, 2.24) is 9.80 Å². The van der Waals surface area contributed by atoms with Gasteiger partial charge in [0, 0.05) is 26.1 Å². The molecule has 0 saturated carbocycles. The second-order valence-electron chi connectivity index (χ2n) is 5.05. The molecular weight excluding hydrogens is 248 g/mol. The predicted octanol–water partition coefficient (Wildman–Crippen LogP) is 0.155. The maximum absolute atomic E-state index is 12.2. The monoisotopic (exact) mass is 272 g/mol. The van der Waals surface area contributed by atoms with Crippen molar-refractivity contribution in [1.29, 1.82) is 0 Å². The lowest BCUT2D eigenvalue weighted by molar-refractivity contribution is -0.143. The first-order valence-corrected chi connectivity index (χ1v) is 6.92.